The fourth-order valence-electron chi connectivity index (χ4n) is 1.75. The molecule has 0 atom stereocenters. The summed E-state index contributed by atoms with van der Waals surface area (Å²) in [7, 11) is 0. The summed E-state index contributed by atoms with van der Waals surface area (Å²) in [4.78, 5) is 8.70. The molecule has 0 spiro atoms. The number of nitrogens with two attached hydrogens (primary N) is 1. The van der Waals surface area contributed by atoms with E-state index in [1.165, 1.54) is 19.3 Å². The van der Waals surface area contributed by atoms with Gasteiger partial charge in [0, 0.05) is 12.0 Å². The zero-order valence-corrected chi connectivity index (χ0v) is 7.73. The molecule has 1 saturated carbocycles. The minimum atomic E-state index is 0.460. The van der Waals surface area contributed by atoms with E-state index in [9.17, 15) is 0 Å². The SMILES string of the molecule is Nc1nc(C2CCC2)nc2ccoc12. The van der Waals surface area contributed by atoms with Crippen molar-refractivity contribution < 1.29 is 4.42 Å². The highest BCUT2D eigenvalue weighted by Crippen LogP contribution is 2.35. The van der Waals surface area contributed by atoms with Gasteiger partial charge in [0.05, 0.1) is 6.26 Å². The number of anilines is 1. The molecule has 0 radical (unpaired) electrons. The Balaban J connectivity index is 2.16. The maximum atomic E-state index is 5.77. The van der Waals surface area contributed by atoms with E-state index >= 15 is 0 Å². The summed E-state index contributed by atoms with van der Waals surface area (Å²) >= 11 is 0. The first-order chi connectivity index (χ1) is 6.84. The average molecular weight is 189 g/mol. The van der Waals surface area contributed by atoms with Crippen LogP contribution in [0.25, 0.3) is 11.1 Å². The molecule has 0 aromatic carbocycles. The monoisotopic (exact) mass is 189 g/mol. The van der Waals surface area contributed by atoms with Crippen LogP contribution >= 0.6 is 0 Å². The average Bonchev–Trinajstić information content (AvgIpc) is 2.48. The van der Waals surface area contributed by atoms with Gasteiger partial charge in [0.2, 0.25) is 0 Å². The minimum Gasteiger partial charge on any atom is -0.459 e. The van der Waals surface area contributed by atoms with Gasteiger partial charge in [-0.1, -0.05) is 6.42 Å². The van der Waals surface area contributed by atoms with E-state index in [-0.39, 0.29) is 0 Å². The highest BCUT2D eigenvalue weighted by Gasteiger charge is 2.23. The number of aromatic nitrogens is 2. The number of hydrogen-bond donors (Lipinski definition) is 1. The number of rotatable bonds is 1. The van der Waals surface area contributed by atoms with Crippen LogP contribution in [0.1, 0.15) is 31.0 Å². The largest absolute Gasteiger partial charge is 0.459 e. The molecular weight excluding hydrogens is 178 g/mol. The Kier molecular flexibility index (Phi) is 1.50. The quantitative estimate of drug-likeness (QED) is 0.745. The minimum absolute atomic E-state index is 0.460. The Morgan fingerprint density at radius 1 is 1.36 bits per heavy atom. The number of hydrogen-bond acceptors (Lipinski definition) is 4. The molecule has 4 heteroatoms. The Hall–Kier alpha value is -1.58. The van der Waals surface area contributed by atoms with Crippen molar-refractivity contribution in [2.75, 3.05) is 5.73 Å². The van der Waals surface area contributed by atoms with Crippen LogP contribution in [0, 0.1) is 0 Å². The molecule has 0 bridgehead atoms. The molecule has 4 nitrogen and oxygen atoms in total. The summed E-state index contributed by atoms with van der Waals surface area (Å²) in [6, 6.07) is 1.83. The lowest BCUT2D eigenvalue weighted by atomic mass is 9.85. The van der Waals surface area contributed by atoms with Gasteiger partial charge in [0.15, 0.2) is 11.4 Å². The molecule has 1 aliphatic rings. The summed E-state index contributed by atoms with van der Waals surface area (Å²) in [5.41, 5.74) is 7.20. The smallest absolute Gasteiger partial charge is 0.194 e. The zero-order chi connectivity index (χ0) is 9.54. The Morgan fingerprint density at radius 2 is 2.21 bits per heavy atom. The van der Waals surface area contributed by atoms with E-state index < -0.39 is 0 Å². The predicted molar refractivity (Wildman–Crippen MR) is 52.8 cm³/mol. The van der Waals surface area contributed by atoms with Crippen LogP contribution < -0.4 is 5.73 Å². The van der Waals surface area contributed by atoms with Crippen molar-refractivity contribution in [1.82, 2.24) is 9.97 Å². The van der Waals surface area contributed by atoms with Gasteiger partial charge < -0.3 is 10.2 Å². The van der Waals surface area contributed by atoms with Crippen molar-refractivity contribution in [1.29, 1.82) is 0 Å². The van der Waals surface area contributed by atoms with E-state index in [1.54, 1.807) is 6.26 Å². The van der Waals surface area contributed by atoms with Crippen LogP contribution in [0.15, 0.2) is 16.7 Å². The Bertz CT molecular complexity index is 473. The first-order valence-electron chi connectivity index (χ1n) is 4.85. The van der Waals surface area contributed by atoms with Gasteiger partial charge in [-0.15, -0.1) is 0 Å². The molecule has 0 unspecified atom stereocenters. The van der Waals surface area contributed by atoms with E-state index in [0.29, 0.717) is 17.3 Å². The molecule has 0 amide bonds. The highest BCUT2D eigenvalue weighted by molar-refractivity contribution is 5.82. The van der Waals surface area contributed by atoms with Crippen LogP contribution in [0.5, 0.6) is 0 Å². The zero-order valence-electron chi connectivity index (χ0n) is 7.73. The lowest BCUT2D eigenvalue weighted by Gasteiger charge is -2.23. The molecule has 1 aliphatic carbocycles. The van der Waals surface area contributed by atoms with Crippen LogP contribution in [0.3, 0.4) is 0 Å². The summed E-state index contributed by atoms with van der Waals surface area (Å²) in [5, 5.41) is 0. The highest BCUT2D eigenvalue weighted by atomic mass is 16.3. The van der Waals surface area contributed by atoms with Crippen molar-refractivity contribution in [2.45, 2.75) is 25.2 Å². The van der Waals surface area contributed by atoms with E-state index in [0.717, 1.165) is 11.3 Å². The number of nitrogens with zero attached hydrogens (tertiary/aromatic N) is 2. The summed E-state index contributed by atoms with van der Waals surface area (Å²) in [5.74, 6) is 1.85. The van der Waals surface area contributed by atoms with Crippen LogP contribution in [-0.2, 0) is 0 Å². The second kappa shape index (κ2) is 2.70. The lowest BCUT2D eigenvalue weighted by Crippen LogP contribution is -2.13. The van der Waals surface area contributed by atoms with Gasteiger partial charge in [-0.3, -0.25) is 0 Å². The first kappa shape index (κ1) is 7.79. The molecule has 2 aromatic rings. The van der Waals surface area contributed by atoms with Gasteiger partial charge in [-0.2, -0.15) is 0 Å². The fourth-order valence-corrected chi connectivity index (χ4v) is 1.75. The second-order valence-corrected chi connectivity index (χ2v) is 3.73. The Labute approximate surface area is 81.1 Å². The van der Waals surface area contributed by atoms with Crippen LogP contribution in [-0.4, -0.2) is 9.97 Å². The molecule has 3 rings (SSSR count). The van der Waals surface area contributed by atoms with Gasteiger partial charge in [0.1, 0.15) is 11.3 Å². The number of fused-ring (bicyclic) bond motifs is 1. The third kappa shape index (κ3) is 0.999. The molecule has 2 N–H and O–H groups in total. The standard InChI is InChI=1S/C10H11N3O/c11-9-8-7(4-5-14-8)12-10(13-9)6-2-1-3-6/h4-6H,1-3H2,(H2,11,12,13). The maximum Gasteiger partial charge on any atom is 0.194 e. The summed E-state index contributed by atoms with van der Waals surface area (Å²) in [6.45, 7) is 0. The molecule has 0 saturated heterocycles. The Morgan fingerprint density at radius 3 is 2.93 bits per heavy atom. The van der Waals surface area contributed by atoms with Gasteiger partial charge in [-0.05, 0) is 12.8 Å². The normalized spacial score (nSPS) is 17.1. The molecule has 14 heavy (non-hydrogen) atoms. The molecule has 1 fully saturated rings. The van der Waals surface area contributed by atoms with Crippen molar-refractivity contribution >= 4 is 16.9 Å². The van der Waals surface area contributed by atoms with Crippen LogP contribution in [0.4, 0.5) is 5.82 Å². The molecule has 2 heterocycles. The van der Waals surface area contributed by atoms with E-state index in [4.69, 9.17) is 10.2 Å². The first-order valence-corrected chi connectivity index (χ1v) is 4.85. The van der Waals surface area contributed by atoms with Crippen LogP contribution in [0.2, 0.25) is 0 Å². The van der Waals surface area contributed by atoms with Crippen molar-refractivity contribution in [3.63, 3.8) is 0 Å². The van der Waals surface area contributed by atoms with Crippen molar-refractivity contribution in [3.05, 3.63) is 18.2 Å². The topological polar surface area (TPSA) is 64.9 Å². The predicted octanol–water partition coefficient (Wildman–Crippen LogP) is 2.07. The van der Waals surface area contributed by atoms with Gasteiger partial charge >= 0.3 is 0 Å². The third-order valence-electron chi connectivity index (χ3n) is 2.82. The van der Waals surface area contributed by atoms with Gasteiger partial charge in [0.25, 0.3) is 0 Å². The van der Waals surface area contributed by atoms with Crippen molar-refractivity contribution in [2.24, 2.45) is 0 Å². The molecule has 0 aliphatic heterocycles. The van der Waals surface area contributed by atoms with Crippen molar-refractivity contribution in [3.8, 4) is 0 Å². The lowest BCUT2D eigenvalue weighted by molar-refractivity contribution is 0.402. The molecular formula is C10H11N3O. The van der Waals surface area contributed by atoms with E-state index in [1.807, 2.05) is 6.07 Å². The maximum absolute atomic E-state index is 5.77. The third-order valence-corrected chi connectivity index (χ3v) is 2.82. The second-order valence-electron chi connectivity index (χ2n) is 3.73. The molecule has 2 aromatic heterocycles. The van der Waals surface area contributed by atoms with E-state index in [2.05, 4.69) is 9.97 Å². The number of furan rings is 1. The summed E-state index contributed by atoms with van der Waals surface area (Å²) < 4.78 is 5.19. The summed E-state index contributed by atoms with van der Waals surface area (Å²) in [6.07, 6.45) is 5.24. The van der Waals surface area contributed by atoms with Gasteiger partial charge in [-0.25, -0.2) is 9.97 Å². The fraction of sp³-hybridized carbons (Fsp3) is 0.400. The number of nitrogen functional groups attached to an aromatic ring is 1. The molecule has 72 valence electrons.